The Morgan fingerprint density at radius 3 is 2.61 bits per heavy atom. The monoisotopic (exact) mass is 567 g/mol. The zero-order valence-electron chi connectivity index (χ0n) is 17.4. The molecule has 9 nitrogen and oxygen atoms in total. The van der Waals surface area contributed by atoms with Crippen molar-refractivity contribution in [1.29, 1.82) is 0 Å². The Hall–Kier alpha value is -1.93. The molecule has 1 aliphatic rings. The van der Waals surface area contributed by atoms with Crippen molar-refractivity contribution in [2.75, 3.05) is 39.8 Å². The third-order valence-electron chi connectivity index (χ3n) is 4.68. The van der Waals surface area contributed by atoms with Gasteiger partial charge in [-0.15, -0.1) is 24.0 Å². The number of para-hydroxylation sites is 1. The first-order chi connectivity index (χ1) is 14.4. The van der Waals surface area contributed by atoms with E-state index in [2.05, 4.69) is 15.5 Å². The highest BCUT2D eigenvalue weighted by Crippen LogP contribution is 2.17. The van der Waals surface area contributed by atoms with Gasteiger partial charge in [-0.25, -0.2) is 12.8 Å². The molecule has 31 heavy (non-hydrogen) atoms. The van der Waals surface area contributed by atoms with Gasteiger partial charge in [-0.3, -0.25) is 4.99 Å². The van der Waals surface area contributed by atoms with Crippen molar-refractivity contribution in [3.8, 4) is 5.75 Å². The summed E-state index contributed by atoms with van der Waals surface area (Å²) in [5.74, 6) is 0.262. The van der Waals surface area contributed by atoms with Crippen LogP contribution >= 0.6 is 24.0 Å². The van der Waals surface area contributed by atoms with E-state index in [1.807, 2.05) is 11.8 Å². The third-order valence-corrected chi connectivity index (χ3v) is 6.49. The van der Waals surface area contributed by atoms with Gasteiger partial charge in [0.1, 0.15) is 18.1 Å². The summed E-state index contributed by atoms with van der Waals surface area (Å²) in [6.45, 7) is 3.96. The van der Waals surface area contributed by atoms with Gasteiger partial charge in [0.15, 0.2) is 17.5 Å². The van der Waals surface area contributed by atoms with Gasteiger partial charge in [-0.1, -0.05) is 17.3 Å². The fourth-order valence-electron chi connectivity index (χ4n) is 3.13. The topological polar surface area (TPSA) is 100 Å². The van der Waals surface area contributed by atoms with Crippen LogP contribution in [0, 0.1) is 5.82 Å². The summed E-state index contributed by atoms with van der Waals surface area (Å²) in [5.41, 5.74) is 0.388. The number of halogens is 2. The standard InChI is InChI=1S/C19H26FN5O4S.HI/c1-15(29-18-6-4-3-5-17(18)20)13-22-19(21-2)24-8-10-25(11-9-24)30(26,27)14-16-7-12-28-23-16;/h3-7,12,15H,8-11,13-14H2,1-2H3,(H,21,22);1H. The van der Waals surface area contributed by atoms with Gasteiger partial charge in [0.05, 0.1) is 12.2 Å². The molecule has 1 unspecified atom stereocenters. The molecule has 1 saturated heterocycles. The van der Waals surface area contributed by atoms with Crippen molar-refractivity contribution in [3.63, 3.8) is 0 Å². The van der Waals surface area contributed by atoms with Crippen LogP contribution in [0.3, 0.4) is 0 Å². The summed E-state index contributed by atoms with van der Waals surface area (Å²) in [7, 11) is -1.79. The van der Waals surface area contributed by atoms with Crippen LogP contribution < -0.4 is 10.1 Å². The molecule has 1 aliphatic heterocycles. The molecule has 2 heterocycles. The fraction of sp³-hybridized carbons (Fsp3) is 0.474. The normalized spacial score (nSPS) is 16.5. The fourth-order valence-corrected chi connectivity index (χ4v) is 4.56. The predicted molar refractivity (Wildman–Crippen MR) is 126 cm³/mol. The lowest BCUT2D eigenvalue weighted by molar-refractivity contribution is 0.209. The second-order valence-electron chi connectivity index (χ2n) is 6.92. The number of hydrogen-bond donors (Lipinski definition) is 1. The van der Waals surface area contributed by atoms with Crippen LogP contribution in [-0.4, -0.2) is 74.6 Å². The average molecular weight is 567 g/mol. The number of aromatic nitrogens is 1. The highest BCUT2D eigenvalue weighted by molar-refractivity contribution is 14.0. The van der Waals surface area contributed by atoms with Crippen molar-refractivity contribution in [2.45, 2.75) is 18.8 Å². The Morgan fingerprint density at radius 2 is 2.00 bits per heavy atom. The molecule has 1 fully saturated rings. The Morgan fingerprint density at radius 1 is 1.29 bits per heavy atom. The third kappa shape index (κ3) is 7.04. The van der Waals surface area contributed by atoms with Crippen LogP contribution in [0.1, 0.15) is 12.6 Å². The van der Waals surface area contributed by atoms with Gasteiger partial charge in [0.25, 0.3) is 0 Å². The number of nitrogens with one attached hydrogen (secondary N) is 1. The lowest BCUT2D eigenvalue weighted by Crippen LogP contribution is -2.54. The molecule has 0 saturated carbocycles. The summed E-state index contributed by atoms with van der Waals surface area (Å²) in [4.78, 5) is 6.25. The van der Waals surface area contributed by atoms with E-state index in [1.54, 1.807) is 31.3 Å². The van der Waals surface area contributed by atoms with Gasteiger partial charge in [-0.2, -0.15) is 4.31 Å². The van der Waals surface area contributed by atoms with Crippen LogP contribution in [0.25, 0.3) is 0 Å². The summed E-state index contributed by atoms with van der Waals surface area (Å²) in [6, 6.07) is 7.81. The van der Waals surface area contributed by atoms with E-state index < -0.39 is 15.8 Å². The van der Waals surface area contributed by atoms with Crippen molar-refractivity contribution in [1.82, 2.24) is 19.7 Å². The average Bonchev–Trinajstić information content (AvgIpc) is 3.23. The summed E-state index contributed by atoms with van der Waals surface area (Å²) >= 11 is 0. The van der Waals surface area contributed by atoms with Crippen molar-refractivity contribution >= 4 is 40.0 Å². The van der Waals surface area contributed by atoms with Crippen LogP contribution in [0.5, 0.6) is 5.75 Å². The molecular weight excluding hydrogens is 540 g/mol. The Balaban J connectivity index is 0.00000341. The van der Waals surface area contributed by atoms with Gasteiger partial charge < -0.3 is 19.5 Å². The largest absolute Gasteiger partial charge is 0.486 e. The quantitative estimate of drug-likeness (QED) is 0.310. The van der Waals surface area contributed by atoms with Crippen LogP contribution in [0.4, 0.5) is 4.39 Å². The lowest BCUT2D eigenvalue weighted by atomic mass is 10.3. The molecule has 0 amide bonds. The zero-order chi connectivity index (χ0) is 21.6. The maximum absolute atomic E-state index is 13.7. The van der Waals surface area contributed by atoms with Gasteiger partial charge in [-0.05, 0) is 19.1 Å². The maximum atomic E-state index is 13.7. The number of ether oxygens (including phenoxy) is 1. The first-order valence-electron chi connectivity index (χ1n) is 9.63. The van der Waals surface area contributed by atoms with E-state index in [-0.39, 0.29) is 41.6 Å². The van der Waals surface area contributed by atoms with Crippen molar-refractivity contribution in [3.05, 3.63) is 48.1 Å². The van der Waals surface area contributed by atoms with Crippen molar-refractivity contribution in [2.24, 2.45) is 4.99 Å². The number of rotatable bonds is 7. The highest BCUT2D eigenvalue weighted by Gasteiger charge is 2.29. The summed E-state index contributed by atoms with van der Waals surface area (Å²) in [5, 5.41) is 6.88. The van der Waals surface area contributed by atoms with E-state index in [4.69, 9.17) is 9.26 Å². The van der Waals surface area contributed by atoms with E-state index in [1.165, 1.54) is 16.6 Å². The number of guanidine groups is 1. The van der Waals surface area contributed by atoms with Crippen LogP contribution in [0.15, 0.2) is 46.1 Å². The summed E-state index contributed by atoms with van der Waals surface area (Å²) in [6.07, 6.45) is 1.07. The molecule has 2 aromatic rings. The number of piperazine rings is 1. The molecule has 0 spiro atoms. The Kier molecular flexibility index (Phi) is 9.50. The number of aliphatic imine (C=N–C) groups is 1. The predicted octanol–water partition coefficient (Wildman–Crippen LogP) is 1.92. The lowest BCUT2D eigenvalue weighted by Gasteiger charge is -2.36. The van der Waals surface area contributed by atoms with Crippen LogP contribution in [-0.2, 0) is 15.8 Å². The molecule has 0 aliphatic carbocycles. The molecule has 12 heteroatoms. The first kappa shape index (κ1) is 25.3. The van der Waals surface area contributed by atoms with Crippen LogP contribution in [0.2, 0.25) is 0 Å². The Labute approximate surface area is 198 Å². The minimum Gasteiger partial charge on any atom is -0.486 e. The van der Waals surface area contributed by atoms with E-state index in [0.717, 1.165) is 0 Å². The smallest absolute Gasteiger partial charge is 0.220 e. The minimum absolute atomic E-state index is 0. The van der Waals surface area contributed by atoms with Gasteiger partial charge in [0.2, 0.25) is 10.0 Å². The second-order valence-corrected chi connectivity index (χ2v) is 8.89. The number of benzene rings is 1. The molecular formula is C19H27FIN5O4S. The SMILES string of the molecule is CN=C(NCC(C)Oc1ccccc1F)N1CCN(S(=O)(=O)Cc2ccon2)CC1.I. The molecule has 172 valence electrons. The molecule has 1 aromatic carbocycles. The molecule has 0 bridgehead atoms. The maximum Gasteiger partial charge on any atom is 0.220 e. The zero-order valence-corrected chi connectivity index (χ0v) is 20.5. The van der Waals surface area contributed by atoms with E-state index in [0.29, 0.717) is 44.4 Å². The molecule has 1 N–H and O–H groups in total. The molecule has 1 aromatic heterocycles. The number of hydrogen-bond acceptors (Lipinski definition) is 6. The second kappa shape index (κ2) is 11.6. The summed E-state index contributed by atoms with van der Waals surface area (Å²) < 4.78 is 50.6. The Bertz CT molecular complexity index is 950. The highest BCUT2D eigenvalue weighted by atomic mass is 127. The minimum atomic E-state index is -3.46. The number of nitrogens with zero attached hydrogens (tertiary/aromatic N) is 4. The number of sulfonamides is 1. The van der Waals surface area contributed by atoms with E-state index in [9.17, 15) is 12.8 Å². The molecule has 1 atom stereocenters. The first-order valence-corrected chi connectivity index (χ1v) is 11.2. The van der Waals surface area contributed by atoms with Gasteiger partial charge >= 0.3 is 0 Å². The van der Waals surface area contributed by atoms with E-state index >= 15 is 0 Å². The van der Waals surface area contributed by atoms with Crippen molar-refractivity contribution < 1.29 is 22.1 Å². The molecule has 3 rings (SSSR count). The van der Waals surface area contributed by atoms with Gasteiger partial charge in [0, 0.05) is 39.3 Å². The molecule has 0 radical (unpaired) electrons.